The van der Waals surface area contributed by atoms with E-state index in [1.54, 1.807) is 6.07 Å². The van der Waals surface area contributed by atoms with Gasteiger partial charge in [-0.1, -0.05) is 17.7 Å². The number of carbonyl (C=O) groups is 1. The molecule has 0 saturated heterocycles. The molecule has 0 heterocycles. The molecule has 0 radical (unpaired) electrons. The van der Waals surface area contributed by atoms with Crippen molar-refractivity contribution in [3.63, 3.8) is 0 Å². The van der Waals surface area contributed by atoms with Crippen molar-refractivity contribution in [1.29, 1.82) is 0 Å². The van der Waals surface area contributed by atoms with Gasteiger partial charge in [-0.3, -0.25) is 4.79 Å². The number of ether oxygens (including phenoxy) is 4. The minimum Gasteiger partial charge on any atom is -0.493 e. The highest BCUT2D eigenvalue weighted by molar-refractivity contribution is 9.10. The van der Waals surface area contributed by atoms with Gasteiger partial charge in [0.25, 0.3) is 5.91 Å². The first-order chi connectivity index (χ1) is 12.5. The van der Waals surface area contributed by atoms with Crippen molar-refractivity contribution in [2.24, 2.45) is 0 Å². The molecule has 0 aliphatic rings. The Labute approximate surface area is 161 Å². The number of carbonyl (C=O) groups excluding carboxylic acids is 1. The minimum atomic E-state index is -0.274. The largest absolute Gasteiger partial charge is 0.493 e. The third-order valence-corrected chi connectivity index (χ3v) is 4.48. The van der Waals surface area contributed by atoms with Gasteiger partial charge in [0.2, 0.25) is 5.75 Å². The smallest absolute Gasteiger partial charge is 0.252 e. The summed E-state index contributed by atoms with van der Waals surface area (Å²) in [6, 6.07) is 9.34. The lowest BCUT2D eigenvalue weighted by atomic mass is 10.1. The molecular weight excluding hydrogens is 402 g/mol. The van der Waals surface area contributed by atoms with Crippen LogP contribution in [0.5, 0.6) is 23.0 Å². The highest BCUT2D eigenvalue weighted by Gasteiger charge is 2.22. The molecule has 7 heteroatoms. The molecule has 0 saturated carbocycles. The second kappa shape index (κ2) is 9.33. The normalized spacial score (nSPS) is 10.2. The lowest BCUT2D eigenvalue weighted by Gasteiger charge is -2.16. The quantitative estimate of drug-likeness (QED) is 0.657. The highest BCUT2D eigenvalue weighted by Crippen LogP contribution is 2.44. The van der Waals surface area contributed by atoms with E-state index in [9.17, 15) is 4.79 Å². The lowest BCUT2D eigenvalue weighted by Crippen LogP contribution is -2.28. The summed E-state index contributed by atoms with van der Waals surface area (Å²) in [7, 11) is 4.51. The van der Waals surface area contributed by atoms with Gasteiger partial charge in [0.1, 0.15) is 12.4 Å². The molecule has 0 bridgehead atoms. The van der Waals surface area contributed by atoms with Gasteiger partial charge in [0.15, 0.2) is 11.5 Å². The van der Waals surface area contributed by atoms with E-state index in [0.29, 0.717) is 40.4 Å². The van der Waals surface area contributed by atoms with Crippen LogP contribution in [0.4, 0.5) is 0 Å². The predicted molar refractivity (Wildman–Crippen MR) is 103 cm³/mol. The molecule has 0 atom stereocenters. The van der Waals surface area contributed by atoms with Crippen LogP contribution in [0.1, 0.15) is 15.9 Å². The maximum atomic E-state index is 12.5. The summed E-state index contributed by atoms with van der Waals surface area (Å²) in [5.74, 6) is 1.71. The number of rotatable bonds is 8. The molecule has 1 N–H and O–H groups in total. The van der Waals surface area contributed by atoms with Crippen molar-refractivity contribution in [2.45, 2.75) is 6.92 Å². The second-order valence-corrected chi connectivity index (χ2v) is 6.22. The molecule has 2 rings (SSSR count). The highest BCUT2D eigenvalue weighted by atomic mass is 79.9. The predicted octanol–water partition coefficient (Wildman–Crippen LogP) is 3.59. The number of hydrogen-bond donors (Lipinski definition) is 1. The van der Waals surface area contributed by atoms with E-state index >= 15 is 0 Å². The van der Waals surface area contributed by atoms with Crippen LogP contribution in [0.2, 0.25) is 0 Å². The molecule has 1 amide bonds. The second-order valence-electron chi connectivity index (χ2n) is 5.42. The van der Waals surface area contributed by atoms with Crippen molar-refractivity contribution in [3.8, 4) is 23.0 Å². The molecule has 0 unspecified atom stereocenters. The fourth-order valence-electron chi connectivity index (χ4n) is 2.35. The summed E-state index contributed by atoms with van der Waals surface area (Å²) in [5, 5.41) is 2.82. The van der Waals surface area contributed by atoms with Gasteiger partial charge in [0, 0.05) is 0 Å². The fraction of sp³-hybridized carbons (Fsp3) is 0.316. The summed E-state index contributed by atoms with van der Waals surface area (Å²) < 4.78 is 22.0. The maximum absolute atomic E-state index is 12.5. The maximum Gasteiger partial charge on any atom is 0.252 e. The van der Waals surface area contributed by atoms with Crippen LogP contribution in [0.3, 0.4) is 0 Å². The first kappa shape index (κ1) is 19.9. The van der Waals surface area contributed by atoms with Gasteiger partial charge in [-0.05, 0) is 41.1 Å². The zero-order valence-electron chi connectivity index (χ0n) is 15.2. The van der Waals surface area contributed by atoms with E-state index in [-0.39, 0.29) is 5.91 Å². The van der Waals surface area contributed by atoms with Crippen molar-refractivity contribution in [2.75, 3.05) is 34.5 Å². The third-order valence-electron chi connectivity index (χ3n) is 3.69. The zero-order chi connectivity index (χ0) is 19.1. The summed E-state index contributed by atoms with van der Waals surface area (Å²) in [5.41, 5.74) is 1.55. The minimum absolute atomic E-state index is 0.274. The molecule has 0 spiro atoms. The molecule has 2 aromatic rings. The molecule has 0 aromatic heterocycles. The Bertz CT molecular complexity index is 762. The van der Waals surface area contributed by atoms with Gasteiger partial charge in [0.05, 0.1) is 37.9 Å². The molecule has 2 aromatic carbocycles. The summed E-state index contributed by atoms with van der Waals surface area (Å²) >= 11 is 3.40. The van der Waals surface area contributed by atoms with E-state index in [1.165, 1.54) is 21.3 Å². The third kappa shape index (κ3) is 4.60. The van der Waals surface area contributed by atoms with E-state index in [2.05, 4.69) is 21.2 Å². The Morgan fingerprint density at radius 2 is 1.69 bits per heavy atom. The van der Waals surface area contributed by atoms with Crippen LogP contribution in [0.15, 0.2) is 34.8 Å². The van der Waals surface area contributed by atoms with Crippen LogP contribution >= 0.6 is 15.9 Å². The zero-order valence-corrected chi connectivity index (χ0v) is 16.8. The van der Waals surface area contributed by atoms with Crippen LogP contribution in [0.25, 0.3) is 0 Å². The van der Waals surface area contributed by atoms with E-state index in [0.717, 1.165) is 11.3 Å². The standard InChI is InChI=1S/C19H22BrNO5/c1-12-5-7-13(8-6-12)26-10-9-21-19(22)14-11-15(23-2)17(24-3)18(25-4)16(14)20/h5-8,11H,9-10H2,1-4H3,(H,21,22). The molecular formula is C19H22BrNO5. The molecule has 0 fully saturated rings. The van der Waals surface area contributed by atoms with Crippen molar-refractivity contribution < 1.29 is 23.7 Å². The molecule has 6 nitrogen and oxygen atoms in total. The molecule has 0 aliphatic heterocycles. The number of nitrogens with one attached hydrogen (secondary N) is 1. The van der Waals surface area contributed by atoms with Crippen molar-refractivity contribution in [3.05, 3.63) is 45.9 Å². The SMILES string of the molecule is COc1cc(C(=O)NCCOc2ccc(C)cc2)c(Br)c(OC)c1OC. The molecule has 0 aliphatic carbocycles. The number of aryl methyl sites for hydroxylation is 1. The Hall–Kier alpha value is -2.41. The number of benzene rings is 2. The van der Waals surface area contributed by atoms with Crippen LogP contribution in [-0.2, 0) is 0 Å². The summed E-state index contributed by atoms with van der Waals surface area (Å²) in [6.07, 6.45) is 0. The first-order valence-electron chi connectivity index (χ1n) is 7.98. The Morgan fingerprint density at radius 3 is 2.27 bits per heavy atom. The van der Waals surface area contributed by atoms with Crippen molar-refractivity contribution in [1.82, 2.24) is 5.32 Å². The number of hydrogen-bond acceptors (Lipinski definition) is 5. The molecule has 26 heavy (non-hydrogen) atoms. The monoisotopic (exact) mass is 423 g/mol. The van der Waals surface area contributed by atoms with Crippen molar-refractivity contribution >= 4 is 21.8 Å². The molecule has 140 valence electrons. The Balaban J connectivity index is 2.03. The average Bonchev–Trinajstić information content (AvgIpc) is 2.65. The van der Waals surface area contributed by atoms with Crippen LogP contribution in [0, 0.1) is 6.92 Å². The Kier molecular flexibility index (Phi) is 7.15. The summed E-state index contributed by atoms with van der Waals surface area (Å²) in [4.78, 5) is 12.5. The van der Waals surface area contributed by atoms with Crippen LogP contribution < -0.4 is 24.3 Å². The van der Waals surface area contributed by atoms with Gasteiger partial charge in [-0.15, -0.1) is 0 Å². The lowest BCUT2D eigenvalue weighted by molar-refractivity contribution is 0.0945. The fourth-order valence-corrected chi connectivity index (χ4v) is 2.99. The Morgan fingerprint density at radius 1 is 1.04 bits per heavy atom. The van der Waals surface area contributed by atoms with E-state index in [1.807, 2.05) is 31.2 Å². The van der Waals surface area contributed by atoms with Crippen LogP contribution in [-0.4, -0.2) is 40.4 Å². The van der Waals surface area contributed by atoms with Gasteiger partial charge in [-0.2, -0.15) is 0 Å². The van der Waals surface area contributed by atoms with Gasteiger partial charge >= 0.3 is 0 Å². The van der Waals surface area contributed by atoms with Gasteiger partial charge in [-0.25, -0.2) is 0 Å². The van der Waals surface area contributed by atoms with E-state index in [4.69, 9.17) is 18.9 Å². The number of amides is 1. The average molecular weight is 424 g/mol. The topological polar surface area (TPSA) is 66.0 Å². The van der Waals surface area contributed by atoms with Gasteiger partial charge < -0.3 is 24.3 Å². The number of methoxy groups -OCH3 is 3. The summed E-state index contributed by atoms with van der Waals surface area (Å²) in [6.45, 7) is 2.73. The van der Waals surface area contributed by atoms with E-state index < -0.39 is 0 Å². The number of halogens is 1. The first-order valence-corrected chi connectivity index (χ1v) is 8.77.